The lowest BCUT2D eigenvalue weighted by atomic mass is 9.97. The lowest BCUT2D eigenvalue weighted by Gasteiger charge is -2.30. The molecule has 9 heteroatoms. The second kappa shape index (κ2) is 9.42. The summed E-state index contributed by atoms with van der Waals surface area (Å²) in [7, 11) is 5.36. The van der Waals surface area contributed by atoms with E-state index in [2.05, 4.69) is 4.98 Å². The Labute approximate surface area is 223 Å². The van der Waals surface area contributed by atoms with Crippen LogP contribution in [0.15, 0.2) is 77.7 Å². The number of carbonyl (C=O) groups is 1. The third kappa shape index (κ3) is 4.06. The quantitative estimate of drug-likeness (QED) is 0.293. The molecule has 0 spiro atoms. The first-order chi connectivity index (χ1) is 17.7. The van der Waals surface area contributed by atoms with Crippen molar-refractivity contribution in [3.8, 4) is 11.1 Å². The van der Waals surface area contributed by atoms with Crippen LogP contribution in [0.1, 0.15) is 0 Å². The summed E-state index contributed by atoms with van der Waals surface area (Å²) in [5.74, 6) is 0. The van der Waals surface area contributed by atoms with Gasteiger partial charge in [0.1, 0.15) is 5.69 Å². The summed E-state index contributed by atoms with van der Waals surface area (Å²) >= 11 is 13.1. The van der Waals surface area contributed by atoms with Gasteiger partial charge in [-0.3, -0.25) is 14.7 Å². The Morgan fingerprint density at radius 3 is 2.41 bits per heavy atom. The number of halogens is 2. The highest BCUT2D eigenvalue weighted by molar-refractivity contribution is 6.35. The Balaban J connectivity index is 2.03. The van der Waals surface area contributed by atoms with Gasteiger partial charge in [0.05, 0.1) is 22.4 Å². The molecule has 0 atom stereocenters. The molecule has 2 amide bonds. The van der Waals surface area contributed by atoms with E-state index in [0.29, 0.717) is 54.4 Å². The first kappa shape index (κ1) is 24.6. The van der Waals surface area contributed by atoms with Crippen molar-refractivity contribution in [1.82, 2.24) is 9.55 Å². The molecule has 0 radical (unpaired) electrons. The number of rotatable bonds is 4. The first-order valence-electron chi connectivity index (χ1n) is 11.4. The van der Waals surface area contributed by atoms with E-state index in [0.717, 1.165) is 0 Å². The maximum absolute atomic E-state index is 14.1. The summed E-state index contributed by atoms with van der Waals surface area (Å²) in [5, 5.41) is 2.19. The standard InChI is InChI=1S/C28H23Cl2N5O2/c1-33(2)23-13-11-21-18(8-6-14-32-21)25(23)35(28(31)37)26-24(17-7-4-5-9-20(17)30)19-15-16(29)10-12-22(19)34(3)27(26)36/h4-15H,1-3H3,(H2,31,37). The summed E-state index contributed by atoms with van der Waals surface area (Å²) < 4.78 is 1.48. The van der Waals surface area contributed by atoms with Crippen molar-refractivity contribution < 1.29 is 4.79 Å². The maximum atomic E-state index is 14.1. The number of urea groups is 1. The molecule has 186 valence electrons. The van der Waals surface area contributed by atoms with Crippen molar-refractivity contribution in [3.05, 3.63) is 93.3 Å². The highest BCUT2D eigenvalue weighted by Crippen LogP contribution is 2.45. The normalized spacial score (nSPS) is 11.2. The molecule has 2 aromatic heterocycles. The fraction of sp³-hybridized carbons (Fsp3) is 0.107. The number of pyridine rings is 2. The molecule has 0 aliphatic carbocycles. The number of primary amides is 1. The van der Waals surface area contributed by atoms with Gasteiger partial charge in [0.2, 0.25) is 0 Å². The Kier molecular flexibility index (Phi) is 6.27. The number of hydrogen-bond acceptors (Lipinski definition) is 4. The SMILES string of the molecule is CN(C)c1ccc2ncccc2c1N(C(N)=O)c1c(-c2ccccc2Cl)c2cc(Cl)ccc2n(C)c1=O. The molecule has 5 rings (SSSR count). The van der Waals surface area contributed by atoms with Gasteiger partial charge in [-0.25, -0.2) is 4.79 Å². The number of aryl methyl sites for hydroxylation is 1. The third-order valence-electron chi connectivity index (χ3n) is 6.36. The van der Waals surface area contributed by atoms with Crippen LogP contribution in [0.2, 0.25) is 10.0 Å². The number of benzene rings is 3. The van der Waals surface area contributed by atoms with E-state index in [1.165, 1.54) is 9.47 Å². The highest BCUT2D eigenvalue weighted by Gasteiger charge is 2.30. The highest BCUT2D eigenvalue weighted by atomic mass is 35.5. The molecule has 0 unspecified atom stereocenters. The summed E-state index contributed by atoms with van der Waals surface area (Å²) in [6.07, 6.45) is 1.67. The van der Waals surface area contributed by atoms with E-state index in [9.17, 15) is 9.59 Å². The van der Waals surface area contributed by atoms with E-state index in [1.54, 1.807) is 55.7 Å². The number of amides is 2. The Morgan fingerprint density at radius 2 is 1.70 bits per heavy atom. The molecule has 3 aromatic carbocycles. The van der Waals surface area contributed by atoms with Crippen molar-refractivity contribution in [3.63, 3.8) is 0 Å². The summed E-state index contributed by atoms with van der Waals surface area (Å²) in [6, 6.07) is 18.9. The second-order valence-corrected chi connectivity index (χ2v) is 9.64. The summed E-state index contributed by atoms with van der Waals surface area (Å²) in [6.45, 7) is 0. The van der Waals surface area contributed by atoms with E-state index in [-0.39, 0.29) is 5.69 Å². The van der Waals surface area contributed by atoms with Crippen LogP contribution in [-0.4, -0.2) is 29.7 Å². The van der Waals surface area contributed by atoms with E-state index < -0.39 is 11.6 Å². The van der Waals surface area contributed by atoms with Crippen LogP contribution in [0, 0.1) is 0 Å². The minimum absolute atomic E-state index is 0.0670. The largest absolute Gasteiger partial charge is 0.376 e. The average molecular weight is 532 g/mol. The first-order valence-corrected chi connectivity index (χ1v) is 12.2. The van der Waals surface area contributed by atoms with Crippen LogP contribution in [0.3, 0.4) is 0 Å². The minimum Gasteiger partial charge on any atom is -0.376 e. The number of anilines is 3. The van der Waals surface area contributed by atoms with E-state index in [4.69, 9.17) is 28.9 Å². The smallest absolute Gasteiger partial charge is 0.324 e. The number of carbonyl (C=O) groups excluding carboxylic acids is 1. The zero-order valence-corrected chi connectivity index (χ0v) is 21.9. The number of aromatic nitrogens is 2. The van der Waals surface area contributed by atoms with E-state index >= 15 is 0 Å². The van der Waals surface area contributed by atoms with Crippen molar-refractivity contribution in [2.75, 3.05) is 23.9 Å². The molecule has 0 aliphatic heterocycles. The minimum atomic E-state index is -0.828. The molecule has 0 fully saturated rings. The molecular weight excluding hydrogens is 509 g/mol. The molecule has 7 nitrogen and oxygen atoms in total. The lowest BCUT2D eigenvalue weighted by Crippen LogP contribution is -2.38. The molecule has 37 heavy (non-hydrogen) atoms. The van der Waals surface area contributed by atoms with Crippen LogP contribution in [0.25, 0.3) is 32.9 Å². The molecule has 5 aromatic rings. The van der Waals surface area contributed by atoms with Gasteiger partial charge < -0.3 is 15.2 Å². The molecule has 2 N–H and O–H groups in total. The van der Waals surface area contributed by atoms with Gasteiger partial charge in [0.15, 0.2) is 0 Å². The van der Waals surface area contributed by atoms with Crippen molar-refractivity contribution in [2.24, 2.45) is 12.8 Å². The van der Waals surface area contributed by atoms with Gasteiger partial charge in [-0.15, -0.1) is 0 Å². The average Bonchev–Trinajstić information content (AvgIpc) is 2.87. The molecular formula is C28H23Cl2N5O2. The monoisotopic (exact) mass is 531 g/mol. The molecule has 0 bridgehead atoms. The van der Waals surface area contributed by atoms with Crippen LogP contribution in [-0.2, 0) is 7.05 Å². The van der Waals surface area contributed by atoms with E-state index in [1.807, 2.05) is 43.3 Å². The summed E-state index contributed by atoms with van der Waals surface area (Å²) in [5.41, 5.74) is 9.14. The van der Waals surface area contributed by atoms with Gasteiger partial charge in [-0.1, -0.05) is 41.4 Å². The predicted octanol–water partition coefficient (Wildman–Crippen LogP) is 6.34. The van der Waals surface area contributed by atoms with Gasteiger partial charge in [-0.2, -0.15) is 0 Å². The predicted molar refractivity (Wildman–Crippen MR) is 152 cm³/mol. The number of nitrogens with two attached hydrogens (primary N) is 1. The zero-order chi connectivity index (χ0) is 26.4. The molecule has 2 heterocycles. The van der Waals surface area contributed by atoms with Gasteiger partial charge in [0.25, 0.3) is 5.56 Å². The second-order valence-electron chi connectivity index (χ2n) is 8.80. The van der Waals surface area contributed by atoms with Gasteiger partial charge in [-0.05, 0) is 48.5 Å². The molecule has 0 saturated heterocycles. The Hall–Kier alpha value is -4.07. The fourth-order valence-electron chi connectivity index (χ4n) is 4.70. The fourth-order valence-corrected chi connectivity index (χ4v) is 5.10. The Bertz CT molecular complexity index is 1760. The zero-order valence-electron chi connectivity index (χ0n) is 20.4. The topological polar surface area (TPSA) is 84.5 Å². The van der Waals surface area contributed by atoms with Crippen molar-refractivity contribution in [2.45, 2.75) is 0 Å². The van der Waals surface area contributed by atoms with Crippen LogP contribution in [0.4, 0.5) is 21.9 Å². The number of nitrogens with zero attached hydrogens (tertiary/aromatic N) is 4. The van der Waals surface area contributed by atoms with Gasteiger partial charge in [0, 0.05) is 59.3 Å². The summed E-state index contributed by atoms with van der Waals surface area (Å²) in [4.78, 5) is 35.0. The van der Waals surface area contributed by atoms with Gasteiger partial charge >= 0.3 is 6.03 Å². The van der Waals surface area contributed by atoms with Crippen molar-refractivity contribution in [1.29, 1.82) is 0 Å². The van der Waals surface area contributed by atoms with Crippen LogP contribution >= 0.6 is 23.2 Å². The third-order valence-corrected chi connectivity index (χ3v) is 6.93. The number of fused-ring (bicyclic) bond motifs is 2. The molecule has 0 aliphatic rings. The lowest BCUT2D eigenvalue weighted by molar-refractivity contribution is 0.256. The van der Waals surface area contributed by atoms with Crippen LogP contribution < -0.4 is 21.1 Å². The Morgan fingerprint density at radius 1 is 0.946 bits per heavy atom. The molecule has 0 saturated carbocycles. The number of hydrogen-bond donors (Lipinski definition) is 1. The van der Waals surface area contributed by atoms with Crippen molar-refractivity contribution >= 4 is 68.1 Å². The maximum Gasteiger partial charge on any atom is 0.324 e. The van der Waals surface area contributed by atoms with Crippen LogP contribution in [0.5, 0.6) is 0 Å².